The van der Waals surface area contributed by atoms with E-state index >= 15 is 0 Å². The molecule has 2 N–H and O–H groups in total. The van der Waals surface area contributed by atoms with E-state index in [1.165, 1.54) is 0 Å². The number of carbonyl (C=O) groups excluding carboxylic acids is 2. The summed E-state index contributed by atoms with van der Waals surface area (Å²) in [4.78, 5) is 22.4. The summed E-state index contributed by atoms with van der Waals surface area (Å²) in [6, 6.07) is -0.763. The molecule has 0 aromatic heterocycles. The molecule has 1 saturated heterocycles. The number of hydrogen-bond donors (Lipinski definition) is 2. The van der Waals surface area contributed by atoms with E-state index in [0.29, 0.717) is 0 Å². The average molecular weight is 238 g/mol. The summed E-state index contributed by atoms with van der Waals surface area (Å²) in [5.74, 6) is -0.0492. The maximum absolute atomic E-state index is 11.3. The molecule has 0 aromatic rings. The van der Waals surface area contributed by atoms with Crippen LogP contribution in [0, 0.1) is 5.92 Å². The molecule has 0 spiro atoms. The number of rotatable bonds is 1. The van der Waals surface area contributed by atoms with Crippen LogP contribution in [-0.2, 0) is 9.59 Å². The van der Waals surface area contributed by atoms with E-state index in [2.05, 4.69) is 10.6 Å². The maximum Gasteiger partial charge on any atom is 0.243 e. The molecule has 0 aromatic carbocycles. The van der Waals surface area contributed by atoms with Gasteiger partial charge in [0, 0.05) is 0 Å². The van der Waals surface area contributed by atoms with Gasteiger partial charge in [0.25, 0.3) is 0 Å². The molecule has 4 nitrogen and oxygen atoms in total. The first kappa shape index (κ1) is 16.1. The van der Waals surface area contributed by atoms with E-state index in [9.17, 15) is 9.59 Å². The largest absolute Gasteiger partial charge is 0.343 e. The van der Waals surface area contributed by atoms with Crippen LogP contribution in [0.3, 0.4) is 0 Å². The van der Waals surface area contributed by atoms with Gasteiger partial charge < -0.3 is 10.6 Å². The van der Waals surface area contributed by atoms with Crippen molar-refractivity contribution in [1.82, 2.24) is 10.6 Å². The van der Waals surface area contributed by atoms with Crippen LogP contribution in [0.2, 0.25) is 0 Å². The van der Waals surface area contributed by atoms with Crippen molar-refractivity contribution in [2.45, 2.75) is 32.9 Å². The van der Waals surface area contributed by atoms with Gasteiger partial charge in [0.2, 0.25) is 11.8 Å². The lowest BCUT2D eigenvalue weighted by molar-refractivity contribution is -0.137. The molecule has 0 radical (unpaired) electrons. The number of amides is 2. The van der Waals surface area contributed by atoms with E-state index in [1.807, 2.05) is 13.8 Å². The van der Waals surface area contributed by atoms with E-state index < -0.39 is 6.04 Å². The Balaban J connectivity index is 0. The van der Waals surface area contributed by atoms with Gasteiger partial charge in [-0.3, -0.25) is 9.59 Å². The molecule has 1 fully saturated rings. The Bertz CT molecular complexity index is 221. The number of piperazine rings is 1. The van der Waals surface area contributed by atoms with Crippen molar-refractivity contribution in [2.24, 2.45) is 5.92 Å². The summed E-state index contributed by atoms with van der Waals surface area (Å²) in [7, 11) is 0. The fourth-order valence-corrected chi connectivity index (χ4v) is 1.18. The zero-order valence-corrected chi connectivity index (χ0v) is 10.5. The second-order valence-corrected chi connectivity index (χ2v) is 3.46. The van der Waals surface area contributed by atoms with E-state index in [4.69, 9.17) is 0 Å². The monoisotopic (exact) mass is 238 g/mol. The molecule has 1 aliphatic heterocycles. The van der Waals surface area contributed by atoms with Crippen molar-refractivity contribution < 1.29 is 9.59 Å². The van der Waals surface area contributed by atoms with E-state index in [-0.39, 0.29) is 50.8 Å². The minimum Gasteiger partial charge on any atom is -0.343 e. The quantitative estimate of drug-likeness (QED) is 0.669. The van der Waals surface area contributed by atoms with Crippen LogP contribution in [0.1, 0.15) is 20.8 Å². The van der Waals surface area contributed by atoms with E-state index in [1.54, 1.807) is 6.92 Å². The SMILES string of the molecule is CC(C)[C@@H]1NC(=O)[C@H](C)NC1=O.S.S. The molecule has 14 heavy (non-hydrogen) atoms. The van der Waals surface area contributed by atoms with Crippen LogP contribution in [-0.4, -0.2) is 23.9 Å². The van der Waals surface area contributed by atoms with Gasteiger partial charge in [0.15, 0.2) is 0 Å². The molecule has 0 aliphatic carbocycles. The van der Waals surface area contributed by atoms with Crippen molar-refractivity contribution >= 4 is 38.8 Å². The molecule has 84 valence electrons. The zero-order chi connectivity index (χ0) is 9.30. The van der Waals surface area contributed by atoms with Crippen LogP contribution in [0.4, 0.5) is 0 Å². The first-order valence-corrected chi connectivity index (χ1v) is 4.13. The fourth-order valence-electron chi connectivity index (χ4n) is 1.18. The van der Waals surface area contributed by atoms with Crippen LogP contribution in [0.5, 0.6) is 0 Å². The van der Waals surface area contributed by atoms with Crippen LogP contribution in [0.25, 0.3) is 0 Å². The lowest BCUT2D eigenvalue weighted by atomic mass is 10.0. The fraction of sp³-hybridized carbons (Fsp3) is 0.750. The lowest BCUT2D eigenvalue weighted by Crippen LogP contribution is -2.62. The Kier molecular flexibility index (Phi) is 7.11. The first-order valence-electron chi connectivity index (χ1n) is 4.13. The smallest absolute Gasteiger partial charge is 0.243 e. The summed E-state index contributed by atoms with van der Waals surface area (Å²) >= 11 is 0. The Morgan fingerprint density at radius 1 is 1.07 bits per heavy atom. The lowest BCUT2D eigenvalue weighted by Gasteiger charge is -2.29. The van der Waals surface area contributed by atoms with Crippen molar-refractivity contribution in [3.63, 3.8) is 0 Å². The maximum atomic E-state index is 11.3. The van der Waals surface area contributed by atoms with Gasteiger partial charge in [0.05, 0.1) is 0 Å². The van der Waals surface area contributed by atoms with Crippen molar-refractivity contribution in [3.05, 3.63) is 0 Å². The van der Waals surface area contributed by atoms with Crippen molar-refractivity contribution in [3.8, 4) is 0 Å². The van der Waals surface area contributed by atoms with Crippen LogP contribution >= 0.6 is 27.0 Å². The summed E-state index contributed by atoms with van der Waals surface area (Å²) in [5.41, 5.74) is 0. The normalized spacial score (nSPS) is 25.7. The predicted molar refractivity (Wildman–Crippen MR) is 65.1 cm³/mol. The molecular weight excluding hydrogens is 220 g/mol. The Labute approximate surface area is 98.1 Å². The molecule has 1 aliphatic rings. The highest BCUT2D eigenvalue weighted by Gasteiger charge is 2.32. The minimum absolute atomic E-state index is 0. The standard InChI is InChI=1S/C8H14N2O2.2H2S/c1-4(2)6-8(12)9-5(3)7(11)10-6;;/h4-6H,1-3H3,(H,9,12)(H,10,11);2*1H2/t5-,6-;;/m0../s1. The van der Waals surface area contributed by atoms with E-state index in [0.717, 1.165) is 0 Å². The summed E-state index contributed by atoms with van der Waals surface area (Å²) in [5, 5.41) is 5.27. The van der Waals surface area contributed by atoms with Crippen molar-refractivity contribution in [2.75, 3.05) is 0 Å². The molecule has 1 rings (SSSR count). The molecule has 0 unspecified atom stereocenters. The molecule has 2 atom stereocenters. The van der Waals surface area contributed by atoms with Crippen molar-refractivity contribution in [1.29, 1.82) is 0 Å². The van der Waals surface area contributed by atoms with Gasteiger partial charge in [-0.05, 0) is 12.8 Å². The Morgan fingerprint density at radius 2 is 1.57 bits per heavy atom. The highest BCUT2D eigenvalue weighted by atomic mass is 32.1. The average Bonchev–Trinajstić information content (AvgIpc) is 1.96. The van der Waals surface area contributed by atoms with Gasteiger partial charge in [-0.25, -0.2) is 0 Å². The molecular formula is C8H18N2O2S2. The molecule has 6 heteroatoms. The molecule has 0 saturated carbocycles. The minimum atomic E-state index is -0.396. The topological polar surface area (TPSA) is 58.2 Å². The zero-order valence-electron chi connectivity index (χ0n) is 8.55. The third-order valence-corrected chi connectivity index (χ3v) is 2.00. The predicted octanol–water partition coefficient (Wildman–Crippen LogP) is -0.129. The summed E-state index contributed by atoms with van der Waals surface area (Å²) in [6.45, 7) is 5.48. The highest BCUT2D eigenvalue weighted by Crippen LogP contribution is 2.06. The number of hydrogen-bond acceptors (Lipinski definition) is 2. The van der Waals surface area contributed by atoms with Gasteiger partial charge in [-0.1, -0.05) is 13.8 Å². The third-order valence-electron chi connectivity index (χ3n) is 2.00. The van der Waals surface area contributed by atoms with Crippen LogP contribution in [0.15, 0.2) is 0 Å². The van der Waals surface area contributed by atoms with Gasteiger partial charge in [0.1, 0.15) is 12.1 Å². The number of nitrogens with one attached hydrogen (secondary N) is 2. The third kappa shape index (κ3) is 3.42. The van der Waals surface area contributed by atoms with Gasteiger partial charge >= 0.3 is 0 Å². The van der Waals surface area contributed by atoms with Gasteiger partial charge in [-0.15, -0.1) is 0 Å². The summed E-state index contributed by atoms with van der Waals surface area (Å²) in [6.07, 6.45) is 0. The molecule has 0 bridgehead atoms. The Morgan fingerprint density at radius 3 is 2.00 bits per heavy atom. The molecule has 1 heterocycles. The second kappa shape index (κ2) is 6.19. The van der Waals surface area contributed by atoms with Gasteiger partial charge in [-0.2, -0.15) is 27.0 Å². The Hall–Kier alpha value is -0.360. The summed E-state index contributed by atoms with van der Waals surface area (Å²) < 4.78 is 0. The second-order valence-electron chi connectivity index (χ2n) is 3.46. The first-order chi connectivity index (χ1) is 5.52. The van der Waals surface area contributed by atoms with Crippen LogP contribution < -0.4 is 10.6 Å². The number of carbonyl (C=O) groups is 2. The molecule has 2 amide bonds. The highest BCUT2D eigenvalue weighted by molar-refractivity contribution is 7.59.